The summed E-state index contributed by atoms with van der Waals surface area (Å²) in [5.41, 5.74) is 2.16. The maximum absolute atomic E-state index is 13.0. The van der Waals surface area contributed by atoms with Gasteiger partial charge in [-0.1, -0.05) is 0 Å². The SMILES string of the molecule is CNC(=O)c1ccc(NC(=O)NCC2CCN(c3ccc(F)cc3)C2)cc1. The van der Waals surface area contributed by atoms with Crippen LogP contribution < -0.4 is 20.9 Å². The summed E-state index contributed by atoms with van der Waals surface area (Å²) >= 11 is 0. The van der Waals surface area contributed by atoms with Gasteiger partial charge >= 0.3 is 6.03 Å². The zero-order valence-electron chi connectivity index (χ0n) is 15.2. The lowest BCUT2D eigenvalue weighted by Gasteiger charge is -2.19. The smallest absolute Gasteiger partial charge is 0.319 e. The van der Waals surface area contributed by atoms with Crippen LogP contribution in [0.25, 0.3) is 0 Å². The van der Waals surface area contributed by atoms with Gasteiger partial charge in [-0.2, -0.15) is 0 Å². The van der Waals surface area contributed by atoms with E-state index in [0.717, 1.165) is 25.2 Å². The third-order valence-corrected chi connectivity index (χ3v) is 4.66. The molecule has 0 bridgehead atoms. The number of urea groups is 1. The Morgan fingerprint density at radius 1 is 1.11 bits per heavy atom. The lowest BCUT2D eigenvalue weighted by molar-refractivity contribution is 0.0963. The van der Waals surface area contributed by atoms with Crippen molar-refractivity contribution in [3.63, 3.8) is 0 Å². The fraction of sp³-hybridized carbons (Fsp3) is 0.300. The van der Waals surface area contributed by atoms with Crippen LogP contribution in [0.4, 0.5) is 20.6 Å². The molecular weight excluding hydrogens is 347 g/mol. The molecule has 1 aliphatic rings. The lowest BCUT2D eigenvalue weighted by Crippen LogP contribution is -2.34. The number of carbonyl (C=O) groups excluding carboxylic acids is 2. The molecule has 1 atom stereocenters. The molecule has 1 saturated heterocycles. The van der Waals surface area contributed by atoms with E-state index in [1.54, 1.807) is 43.4 Å². The summed E-state index contributed by atoms with van der Waals surface area (Å²) in [6.45, 7) is 2.28. The Hall–Kier alpha value is -3.09. The van der Waals surface area contributed by atoms with Crippen molar-refractivity contribution in [2.45, 2.75) is 6.42 Å². The molecule has 3 rings (SSSR count). The third kappa shape index (κ3) is 4.97. The topological polar surface area (TPSA) is 73.5 Å². The Kier molecular flexibility index (Phi) is 5.90. The molecule has 1 heterocycles. The number of nitrogens with zero attached hydrogens (tertiary/aromatic N) is 1. The molecule has 2 aromatic rings. The maximum Gasteiger partial charge on any atom is 0.319 e. The van der Waals surface area contributed by atoms with Crippen LogP contribution in [0.1, 0.15) is 16.8 Å². The van der Waals surface area contributed by atoms with E-state index < -0.39 is 0 Å². The molecule has 6 nitrogen and oxygen atoms in total. The molecule has 1 unspecified atom stereocenters. The molecule has 27 heavy (non-hydrogen) atoms. The van der Waals surface area contributed by atoms with Gasteiger partial charge < -0.3 is 20.9 Å². The zero-order chi connectivity index (χ0) is 19.2. The maximum atomic E-state index is 13.0. The van der Waals surface area contributed by atoms with Crippen LogP contribution in [0.5, 0.6) is 0 Å². The summed E-state index contributed by atoms with van der Waals surface area (Å²) in [6.07, 6.45) is 0.971. The van der Waals surface area contributed by atoms with Gasteiger partial charge in [0, 0.05) is 43.6 Å². The Morgan fingerprint density at radius 2 is 1.81 bits per heavy atom. The standard InChI is InChI=1S/C20H23FN4O2/c1-22-19(26)15-2-6-17(7-3-15)24-20(27)23-12-14-10-11-25(13-14)18-8-4-16(21)5-9-18/h2-9,14H,10-13H2,1H3,(H,22,26)(H2,23,24,27). The first-order chi connectivity index (χ1) is 13.0. The molecular formula is C20H23FN4O2. The van der Waals surface area contributed by atoms with Gasteiger partial charge in [-0.3, -0.25) is 4.79 Å². The molecule has 7 heteroatoms. The largest absolute Gasteiger partial charge is 0.371 e. The second-order valence-corrected chi connectivity index (χ2v) is 6.57. The van der Waals surface area contributed by atoms with Crippen LogP contribution in [0.3, 0.4) is 0 Å². The van der Waals surface area contributed by atoms with Crippen molar-refractivity contribution in [1.29, 1.82) is 0 Å². The van der Waals surface area contributed by atoms with Crippen molar-refractivity contribution in [3.05, 3.63) is 59.9 Å². The molecule has 0 aliphatic carbocycles. The van der Waals surface area contributed by atoms with E-state index in [2.05, 4.69) is 20.9 Å². The second-order valence-electron chi connectivity index (χ2n) is 6.57. The van der Waals surface area contributed by atoms with E-state index in [-0.39, 0.29) is 17.8 Å². The lowest BCUT2D eigenvalue weighted by atomic mass is 10.1. The van der Waals surface area contributed by atoms with Crippen molar-refractivity contribution >= 4 is 23.3 Å². The van der Waals surface area contributed by atoms with Crippen LogP contribution in [0, 0.1) is 11.7 Å². The van der Waals surface area contributed by atoms with Gasteiger partial charge in [-0.25, -0.2) is 9.18 Å². The number of nitrogens with one attached hydrogen (secondary N) is 3. The highest BCUT2D eigenvalue weighted by molar-refractivity contribution is 5.95. The molecule has 142 valence electrons. The predicted molar refractivity (Wildman–Crippen MR) is 104 cm³/mol. The van der Waals surface area contributed by atoms with Crippen molar-refractivity contribution in [2.24, 2.45) is 5.92 Å². The number of benzene rings is 2. The molecule has 3 N–H and O–H groups in total. The zero-order valence-corrected chi connectivity index (χ0v) is 15.2. The fourth-order valence-electron chi connectivity index (χ4n) is 3.15. The first-order valence-corrected chi connectivity index (χ1v) is 8.92. The molecule has 0 spiro atoms. The van der Waals surface area contributed by atoms with E-state index in [0.29, 0.717) is 23.7 Å². The van der Waals surface area contributed by atoms with Gasteiger partial charge in [0.1, 0.15) is 5.82 Å². The quantitative estimate of drug-likeness (QED) is 0.758. The number of anilines is 2. The molecule has 3 amide bonds. The number of amides is 3. The summed E-state index contributed by atoms with van der Waals surface area (Å²) in [5, 5.41) is 8.20. The Balaban J connectivity index is 1.44. The molecule has 1 fully saturated rings. The van der Waals surface area contributed by atoms with Crippen molar-refractivity contribution < 1.29 is 14.0 Å². The number of halogens is 1. The Bertz CT molecular complexity index is 793. The van der Waals surface area contributed by atoms with Crippen LogP contribution >= 0.6 is 0 Å². The van der Waals surface area contributed by atoms with Crippen molar-refractivity contribution in [2.75, 3.05) is 36.9 Å². The number of carbonyl (C=O) groups is 2. The minimum Gasteiger partial charge on any atom is -0.371 e. The average molecular weight is 370 g/mol. The first-order valence-electron chi connectivity index (χ1n) is 8.92. The minimum atomic E-state index is -0.275. The summed E-state index contributed by atoms with van der Waals surface area (Å²) in [7, 11) is 1.57. The van der Waals surface area contributed by atoms with Crippen LogP contribution in [-0.4, -0.2) is 38.6 Å². The highest BCUT2D eigenvalue weighted by Gasteiger charge is 2.23. The molecule has 0 aromatic heterocycles. The van der Waals surface area contributed by atoms with E-state index in [1.807, 2.05) is 0 Å². The van der Waals surface area contributed by atoms with Crippen molar-refractivity contribution in [3.8, 4) is 0 Å². The summed E-state index contributed by atoms with van der Waals surface area (Å²) in [4.78, 5) is 25.8. The van der Waals surface area contributed by atoms with Gasteiger partial charge in [0.25, 0.3) is 5.91 Å². The average Bonchev–Trinajstić information content (AvgIpc) is 3.16. The van der Waals surface area contributed by atoms with Gasteiger partial charge in [-0.15, -0.1) is 0 Å². The summed E-state index contributed by atoms with van der Waals surface area (Å²) in [5.74, 6) is -0.0643. The van der Waals surface area contributed by atoms with Crippen LogP contribution in [0.2, 0.25) is 0 Å². The number of rotatable bonds is 5. The highest BCUT2D eigenvalue weighted by Crippen LogP contribution is 2.23. The van der Waals surface area contributed by atoms with Crippen LogP contribution in [-0.2, 0) is 0 Å². The highest BCUT2D eigenvalue weighted by atomic mass is 19.1. The monoisotopic (exact) mass is 370 g/mol. The second kappa shape index (κ2) is 8.53. The number of hydrogen-bond donors (Lipinski definition) is 3. The number of hydrogen-bond acceptors (Lipinski definition) is 3. The van der Waals surface area contributed by atoms with Crippen LogP contribution in [0.15, 0.2) is 48.5 Å². The van der Waals surface area contributed by atoms with Gasteiger partial charge in [0.15, 0.2) is 0 Å². The van der Waals surface area contributed by atoms with Crippen molar-refractivity contribution in [1.82, 2.24) is 10.6 Å². The Morgan fingerprint density at radius 3 is 2.48 bits per heavy atom. The predicted octanol–water partition coefficient (Wildman–Crippen LogP) is 2.83. The van der Waals surface area contributed by atoms with Gasteiger partial charge in [0.05, 0.1) is 0 Å². The molecule has 0 radical (unpaired) electrons. The Labute approximate surface area is 157 Å². The van der Waals surface area contributed by atoms with E-state index in [9.17, 15) is 14.0 Å². The fourth-order valence-corrected chi connectivity index (χ4v) is 3.15. The molecule has 1 aliphatic heterocycles. The normalized spacial score (nSPS) is 16.1. The molecule has 0 saturated carbocycles. The third-order valence-electron chi connectivity index (χ3n) is 4.66. The minimum absolute atomic E-state index is 0.169. The van der Waals surface area contributed by atoms with Gasteiger partial charge in [0.2, 0.25) is 0 Å². The summed E-state index contributed by atoms with van der Waals surface area (Å²) < 4.78 is 13.0. The summed E-state index contributed by atoms with van der Waals surface area (Å²) in [6, 6.07) is 12.9. The van der Waals surface area contributed by atoms with E-state index >= 15 is 0 Å². The van der Waals surface area contributed by atoms with E-state index in [1.165, 1.54) is 12.1 Å². The van der Waals surface area contributed by atoms with Gasteiger partial charge in [-0.05, 0) is 60.9 Å². The van der Waals surface area contributed by atoms with E-state index in [4.69, 9.17) is 0 Å². The molecule has 2 aromatic carbocycles. The first kappa shape index (κ1) is 18.7.